The number of aryl methyl sites for hydroxylation is 1. The van der Waals surface area contributed by atoms with Gasteiger partial charge in [-0.05, 0) is 31.4 Å². The van der Waals surface area contributed by atoms with Crippen LogP contribution in [0.1, 0.15) is 58.4 Å². The summed E-state index contributed by atoms with van der Waals surface area (Å²) in [4.78, 5) is 0. The van der Waals surface area contributed by atoms with E-state index in [-0.39, 0.29) is 0 Å². The molecule has 1 atom stereocenters. The van der Waals surface area contributed by atoms with E-state index in [9.17, 15) is 0 Å². The van der Waals surface area contributed by atoms with Crippen LogP contribution in [-0.4, -0.2) is 6.04 Å². The molecule has 96 valence electrons. The normalized spacial score (nSPS) is 12.4. The number of rotatable bonds is 8. The molecule has 0 amide bonds. The maximum absolute atomic E-state index is 3.65. The summed E-state index contributed by atoms with van der Waals surface area (Å²) in [6.07, 6.45) is 7.64. The zero-order valence-electron chi connectivity index (χ0n) is 11.6. The van der Waals surface area contributed by atoms with E-state index in [1.807, 2.05) is 0 Å². The second kappa shape index (κ2) is 8.16. The number of nitrogens with one attached hydrogen (secondary N) is 1. The van der Waals surface area contributed by atoms with Gasteiger partial charge in [-0.2, -0.15) is 0 Å². The van der Waals surface area contributed by atoms with Gasteiger partial charge in [0.1, 0.15) is 0 Å². The van der Waals surface area contributed by atoms with Crippen LogP contribution in [0.2, 0.25) is 0 Å². The van der Waals surface area contributed by atoms with Gasteiger partial charge in [-0.15, -0.1) is 0 Å². The maximum atomic E-state index is 3.65. The highest BCUT2D eigenvalue weighted by atomic mass is 14.9. The van der Waals surface area contributed by atoms with Crippen LogP contribution in [0.3, 0.4) is 0 Å². The van der Waals surface area contributed by atoms with Crippen LogP contribution in [0.4, 0.5) is 5.69 Å². The molecule has 1 nitrogen and oxygen atoms in total. The van der Waals surface area contributed by atoms with Gasteiger partial charge < -0.3 is 5.32 Å². The summed E-state index contributed by atoms with van der Waals surface area (Å²) in [5, 5.41) is 3.65. The van der Waals surface area contributed by atoms with Crippen molar-refractivity contribution in [1.29, 1.82) is 0 Å². The van der Waals surface area contributed by atoms with Gasteiger partial charge in [0, 0.05) is 11.7 Å². The number of hydrogen-bond acceptors (Lipinski definition) is 1. The van der Waals surface area contributed by atoms with Crippen molar-refractivity contribution in [1.82, 2.24) is 0 Å². The van der Waals surface area contributed by atoms with Gasteiger partial charge in [0.05, 0.1) is 0 Å². The molecule has 1 rings (SSSR count). The van der Waals surface area contributed by atoms with Crippen LogP contribution in [-0.2, 0) is 6.42 Å². The summed E-state index contributed by atoms with van der Waals surface area (Å²) < 4.78 is 0. The number of hydrogen-bond donors (Lipinski definition) is 1. The van der Waals surface area contributed by atoms with E-state index in [4.69, 9.17) is 0 Å². The van der Waals surface area contributed by atoms with Gasteiger partial charge in [-0.1, -0.05) is 57.7 Å². The van der Waals surface area contributed by atoms with Crippen molar-refractivity contribution >= 4 is 5.69 Å². The fraction of sp³-hybridized carbons (Fsp3) is 0.625. The van der Waals surface area contributed by atoms with Gasteiger partial charge in [0.2, 0.25) is 0 Å². The summed E-state index contributed by atoms with van der Waals surface area (Å²) >= 11 is 0. The highest BCUT2D eigenvalue weighted by Crippen LogP contribution is 2.19. The topological polar surface area (TPSA) is 12.0 Å². The lowest BCUT2D eigenvalue weighted by Crippen LogP contribution is -2.16. The van der Waals surface area contributed by atoms with Crippen molar-refractivity contribution in [2.24, 2.45) is 0 Å². The summed E-state index contributed by atoms with van der Waals surface area (Å²) in [5.41, 5.74) is 2.79. The van der Waals surface area contributed by atoms with E-state index in [1.54, 1.807) is 0 Å². The lowest BCUT2D eigenvalue weighted by molar-refractivity contribution is 0.614. The molecule has 0 bridgehead atoms. The molecule has 1 heteroatoms. The Bertz CT molecular complexity index is 306. The minimum absolute atomic E-state index is 0.583. The fourth-order valence-corrected chi connectivity index (χ4v) is 2.19. The standard InChI is InChI=1S/C16H27N/c1-4-6-7-11-14(3)17-16-13-9-8-12-15(16)10-5-2/h8-9,12-14,17H,4-7,10-11H2,1-3H3. The molecule has 0 radical (unpaired) electrons. The van der Waals surface area contributed by atoms with Crippen LogP contribution in [0.5, 0.6) is 0 Å². The molecule has 1 unspecified atom stereocenters. The summed E-state index contributed by atoms with van der Waals surface area (Å²) in [6.45, 7) is 6.79. The second-order valence-electron chi connectivity index (χ2n) is 4.95. The Morgan fingerprint density at radius 1 is 1.06 bits per heavy atom. The largest absolute Gasteiger partial charge is 0.382 e. The van der Waals surface area contributed by atoms with E-state index in [0.717, 1.165) is 0 Å². The predicted molar refractivity (Wildman–Crippen MR) is 77.7 cm³/mol. The van der Waals surface area contributed by atoms with Crippen LogP contribution in [0, 0.1) is 0 Å². The molecule has 0 aromatic heterocycles. The lowest BCUT2D eigenvalue weighted by Gasteiger charge is -2.18. The smallest absolute Gasteiger partial charge is 0.0374 e. The summed E-state index contributed by atoms with van der Waals surface area (Å²) in [7, 11) is 0. The lowest BCUT2D eigenvalue weighted by atomic mass is 10.1. The molecule has 0 aliphatic carbocycles. The van der Waals surface area contributed by atoms with Gasteiger partial charge in [0.25, 0.3) is 0 Å². The molecule has 0 spiro atoms. The molecule has 0 fully saturated rings. The van der Waals surface area contributed by atoms with Crippen molar-refractivity contribution in [3.8, 4) is 0 Å². The molecule has 0 aliphatic heterocycles. The first-order chi connectivity index (χ1) is 8.27. The van der Waals surface area contributed by atoms with Crippen molar-refractivity contribution in [2.45, 2.75) is 65.3 Å². The molecule has 0 heterocycles. The second-order valence-corrected chi connectivity index (χ2v) is 4.95. The molecule has 1 N–H and O–H groups in total. The van der Waals surface area contributed by atoms with E-state index in [1.165, 1.54) is 49.8 Å². The van der Waals surface area contributed by atoms with E-state index < -0.39 is 0 Å². The fourth-order valence-electron chi connectivity index (χ4n) is 2.19. The average Bonchev–Trinajstić information content (AvgIpc) is 2.32. The average molecular weight is 233 g/mol. The highest BCUT2D eigenvalue weighted by molar-refractivity contribution is 5.51. The van der Waals surface area contributed by atoms with Crippen molar-refractivity contribution in [3.05, 3.63) is 29.8 Å². The molecule has 1 aromatic carbocycles. The Hall–Kier alpha value is -0.980. The first-order valence-corrected chi connectivity index (χ1v) is 7.12. The number of unbranched alkanes of at least 4 members (excludes halogenated alkanes) is 2. The zero-order valence-corrected chi connectivity index (χ0v) is 11.6. The van der Waals surface area contributed by atoms with Crippen molar-refractivity contribution in [2.75, 3.05) is 5.32 Å². The third-order valence-corrected chi connectivity index (χ3v) is 3.18. The first kappa shape index (κ1) is 14.1. The van der Waals surface area contributed by atoms with Crippen LogP contribution in [0.25, 0.3) is 0 Å². The third kappa shape index (κ3) is 5.25. The minimum atomic E-state index is 0.583. The van der Waals surface area contributed by atoms with Gasteiger partial charge in [-0.3, -0.25) is 0 Å². The van der Waals surface area contributed by atoms with E-state index in [2.05, 4.69) is 50.4 Å². The van der Waals surface area contributed by atoms with Gasteiger partial charge in [-0.25, -0.2) is 0 Å². The Morgan fingerprint density at radius 3 is 2.53 bits per heavy atom. The molecule has 0 saturated carbocycles. The third-order valence-electron chi connectivity index (χ3n) is 3.18. The summed E-state index contributed by atoms with van der Waals surface area (Å²) in [6, 6.07) is 9.30. The maximum Gasteiger partial charge on any atom is 0.0374 e. The number of anilines is 1. The van der Waals surface area contributed by atoms with Crippen molar-refractivity contribution < 1.29 is 0 Å². The van der Waals surface area contributed by atoms with Crippen LogP contribution in [0.15, 0.2) is 24.3 Å². The molecule has 17 heavy (non-hydrogen) atoms. The predicted octanol–water partition coefficient (Wildman–Crippen LogP) is 5.02. The minimum Gasteiger partial charge on any atom is -0.382 e. The molecular weight excluding hydrogens is 206 g/mol. The number of benzene rings is 1. The quantitative estimate of drug-likeness (QED) is 0.622. The Labute approximate surface area is 107 Å². The van der Waals surface area contributed by atoms with E-state index >= 15 is 0 Å². The first-order valence-electron chi connectivity index (χ1n) is 7.12. The summed E-state index contributed by atoms with van der Waals surface area (Å²) in [5.74, 6) is 0. The van der Waals surface area contributed by atoms with Crippen LogP contribution >= 0.6 is 0 Å². The molecular formula is C16H27N. The Morgan fingerprint density at radius 2 is 1.82 bits per heavy atom. The molecule has 1 aromatic rings. The van der Waals surface area contributed by atoms with Crippen LogP contribution < -0.4 is 5.32 Å². The van der Waals surface area contributed by atoms with Crippen molar-refractivity contribution in [3.63, 3.8) is 0 Å². The monoisotopic (exact) mass is 233 g/mol. The molecule has 0 aliphatic rings. The molecule has 0 saturated heterocycles. The zero-order chi connectivity index (χ0) is 12.5. The number of para-hydroxylation sites is 1. The SMILES string of the molecule is CCCCCC(C)Nc1ccccc1CCC. The Kier molecular flexibility index (Phi) is 6.76. The van der Waals surface area contributed by atoms with Gasteiger partial charge in [0.15, 0.2) is 0 Å². The highest BCUT2D eigenvalue weighted by Gasteiger charge is 2.05. The van der Waals surface area contributed by atoms with Gasteiger partial charge >= 0.3 is 0 Å². The Balaban J connectivity index is 2.48. The van der Waals surface area contributed by atoms with E-state index in [0.29, 0.717) is 6.04 Å².